The van der Waals surface area contributed by atoms with E-state index < -0.39 is 0 Å². The third-order valence-electron chi connectivity index (χ3n) is 3.59. The predicted molar refractivity (Wildman–Crippen MR) is 84.6 cm³/mol. The second-order valence-corrected chi connectivity index (χ2v) is 5.46. The van der Waals surface area contributed by atoms with Crippen molar-refractivity contribution in [3.63, 3.8) is 0 Å². The van der Waals surface area contributed by atoms with E-state index in [-0.39, 0.29) is 5.69 Å². The molecule has 1 aliphatic heterocycles. The van der Waals surface area contributed by atoms with Crippen molar-refractivity contribution in [2.75, 3.05) is 23.3 Å². The van der Waals surface area contributed by atoms with Crippen LogP contribution in [-0.2, 0) is 0 Å². The van der Waals surface area contributed by atoms with Gasteiger partial charge in [0.05, 0.1) is 5.02 Å². The van der Waals surface area contributed by atoms with E-state index in [1.54, 1.807) is 6.07 Å². The second kappa shape index (κ2) is 6.02. The molecule has 1 aliphatic rings. The summed E-state index contributed by atoms with van der Waals surface area (Å²) in [5.74, 6) is 0.813. The molecule has 1 N–H and O–H groups in total. The van der Waals surface area contributed by atoms with E-state index in [4.69, 9.17) is 16.9 Å². The van der Waals surface area contributed by atoms with Crippen LogP contribution in [0.2, 0.25) is 5.02 Å². The summed E-state index contributed by atoms with van der Waals surface area (Å²) in [4.78, 5) is 6.50. The highest BCUT2D eigenvalue weighted by Gasteiger charge is 2.23. The number of hydrogen-bond donors (Lipinski definition) is 1. The quantitative estimate of drug-likeness (QED) is 0.944. The largest absolute Gasteiger partial charge is 0.380 e. The number of anilines is 2. The Balaban J connectivity index is 1.68. The third-order valence-corrected chi connectivity index (χ3v) is 3.90. The molecule has 0 spiro atoms. The molecule has 1 aromatic heterocycles. The molecule has 106 valence electrons. The first-order valence-electron chi connectivity index (χ1n) is 6.89. The molecule has 0 saturated carbocycles. The summed E-state index contributed by atoms with van der Waals surface area (Å²) in [6, 6.07) is 16.2. The maximum absolute atomic E-state index is 9.00. The molecule has 21 heavy (non-hydrogen) atoms. The van der Waals surface area contributed by atoms with Crippen LogP contribution < -0.4 is 10.2 Å². The molecule has 1 aromatic carbocycles. The molecule has 1 fully saturated rings. The van der Waals surface area contributed by atoms with Crippen LogP contribution in [0.15, 0.2) is 42.5 Å². The van der Waals surface area contributed by atoms with Crippen LogP contribution in [-0.4, -0.2) is 24.1 Å². The number of benzene rings is 1. The Bertz CT molecular complexity index is 666. The first-order valence-corrected chi connectivity index (χ1v) is 7.27. The van der Waals surface area contributed by atoms with Crippen LogP contribution in [0.1, 0.15) is 12.1 Å². The van der Waals surface area contributed by atoms with E-state index in [0.29, 0.717) is 11.1 Å². The number of rotatable bonds is 3. The fraction of sp³-hybridized carbons (Fsp3) is 0.250. The fourth-order valence-corrected chi connectivity index (χ4v) is 2.69. The summed E-state index contributed by atoms with van der Waals surface area (Å²) < 4.78 is 0. The number of nitrogens with one attached hydrogen (secondary N) is 1. The lowest BCUT2D eigenvalue weighted by Gasteiger charge is -2.18. The van der Waals surface area contributed by atoms with Gasteiger partial charge in [-0.3, -0.25) is 0 Å². The molecule has 0 aliphatic carbocycles. The molecule has 2 heterocycles. The van der Waals surface area contributed by atoms with Crippen molar-refractivity contribution >= 4 is 23.1 Å². The maximum Gasteiger partial charge on any atom is 0.161 e. The minimum absolute atomic E-state index is 0.286. The molecule has 0 bridgehead atoms. The standard InChI is InChI=1S/C16H15ClN4/c17-14-6-7-16(20-15(14)10-18)21-9-8-13(11-21)19-12-4-2-1-3-5-12/h1-7,13,19H,8-9,11H2. The lowest BCUT2D eigenvalue weighted by atomic mass is 10.2. The first kappa shape index (κ1) is 13.7. The van der Waals surface area contributed by atoms with Gasteiger partial charge in [0.25, 0.3) is 0 Å². The number of aromatic nitrogens is 1. The van der Waals surface area contributed by atoms with Crippen LogP contribution in [0.4, 0.5) is 11.5 Å². The number of nitriles is 1. The summed E-state index contributed by atoms with van der Waals surface area (Å²) in [5, 5.41) is 12.9. The van der Waals surface area contributed by atoms with Crippen molar-refractivity contribution in [3.8, 4) is 6.07 Å². The van der Waals surface area contributed by atoms with Gasteiger partial charge in [-0.05, 0) is 30.7 Å². The number of pyridine rings is 1. The van der Waals surface area contributed by atoms with Gasteiger partial charge in [-0.15, -0.1) is 0 Å². The highest BCUT2D eigenvalue weighted by Crippen LogP contribution is 2.23. The van der Waals surface area contributed by atoms with Crippen LogP contribution in [0.5, 0.6) is 0 Å². The Labute approximate surface area is 129 Å². The van der Waals surface area contributed by atoms with Gasteiger partial charge in [0.2, 0.25) is 0 Å². The van der Waals surface area contributed by atoms with Gasteiger partial charge in [-0.1, -0.05) is 29.8 Å². The first-order chi connectivity index (χ1) is 10.3. The van der Waals surface area contributed by atoms with Crippen molar-refractivity contribution in [2.24, 2.45) is 0 Å². The third kappa shape index (κ3) is 3.09. The normalized spacial score (nSPS) is 17.5. The monoisotopic (exact) mass is 298 g/mol. The highest BCUT2D eigenvalue weighted by molar-refractivity contribution is 6.31. The fourth-order valence-electron chi connectivity index (χ4n) is 2.54. The molecule has 1 atom stereocenters. The smallest absolute Gasteiger partial charge is 0.161 e. The molecule has 3 rings (SSSR count). The average molecular weight is 299 g/mol. The van der Waals surface area contributed by atoms with E-state index in [2.05, 4.69) is 27.3 Å². The highest BCUT2D eigenvalue weighted by atomic mass is 35.5. The van der Waals surface area contributed by atoms with Crippen molar-refractivity contribution in [1.82, 2.24) is 4.98 Å². The Morgan fingerprint density at radius 3 is 2.81 bits per heavy atom. The lowest BCUT2D eigenvalue weighted by Crippen LogP contribution is -2.26. The summed E-state index contributed by atoms with van der Waals surface area (Å²) in [6.45, 7) is 1.79. The Morgan fingerprint density at radius 2 is 2.05 bits per heavy atom. The van der Waals surface area contributed by atoms with E-state index in [1.807, 2.05) is 30.3 Å². The zero-order valence-electron chi connectivity index (χ0n) is 11.5. The van der Waals surface area contributed by atoms with Crippen LogP contribution >= 0.6 is 11.6 Å². The van der Waals surface area contributed by atoms with Gasteiger partial charge in [0.15, 0.2) is 5.69 Å². The van der Waals surface area contributed by atoms with Crippen LogP contribution in [0.25, 0.3) is 0 Å². The summed E-state index contributed by atoms with van der Waals surface area (Å²) >= 11 is 5.92. The van der Waals surface area contributed by atoms with Gasteiger partial charge >= 0.3 is 0 Å². The van der Waals surface area contributed by atoms with E-state index in [9.17, 15) is 0 Å². The molecule has 0 amide bonds. The summed E-state index contributed by atoms with van der Waals surface area (Å²) in [5.41, 5.74) is 1.42. The molecule has 1 saturated heterocycles. The zero-order valence-corrected chi connectivity index (χ0v) is 12.2. The minimum atomic E-state index is 0.286. The maximum atomic E-state index is 9.00. The molecule has 0 radical (unpaired) electrons. The Morgan fingerprint density at radius 1 is 1.24 bits per heavy atom. The molecule has 5 heteroatoms. The average Bonchev–Trinajstić information content (AvgIpc) is 2.97. The van der Waals surface area contributed by atoms with Crippen molar-refractivity contribution in [2.45, 2.75) is 12.5 Å². The van der Waals surface area contributed by atoms with Crippen molar-refractivity contribution < 1.29 is 0 Å². The van der Waals surface area contributed by atoms with Gasteiger partial charge in [-0.25, -0.2) is 4.98 Å². The van der Waals surface area contributed by atoms with Gasteiger partial charge in [0, 0.05) is 24.8 Å². The number of nitrogens with zero attached hydrogens (tertiary/aromatic N) is 3. The minimum Gasteiger partial charge on any atom is -0.380 e. The predicted octanol–water partition coefficient (Wildman–Crippen LogP) is 3.30. The van der Waals surface area contributed by atoms with Crippen LogP contribution in [0, 0.1) is 11.3 Å². The van der Waals surface area contributed by atoms with Crippen LogP contribution in [0.3, 0.4) is 0 Å². The number of halogens is 1. The second-order valence-electron chi connectivity index (χ2n) is 5.05. The van der Waals surface area contributed by atoms with Gasteiger partial charge in [0.1, 0.15) is 11.9 Å². The van der Waals surface area contributed by atoms with Crippen molar-refractivity contribution in [1.29, 1.82) is 5.26 Å². The topological polar surface area (TPSA) is 52.0 Å². The van der Waals surface area contributed by atoms with Gasteiger partial charge < -0.3 is 10.2 Å². The lowest BCUT2D eigenvalue weighted by molar-refractivity contribution is 0.806. The molecule has 4 nitrogen and oxygen atoms in total. The number of para-hydroxylation sites is 1. The molecule has 1 unspecified atom stereocenters. The Kier molecular flexibility index (Phi) is 3.94. The summed E-state index contributed by atoms with van der Waals surface area (Å²) in [6.07, 6.45) is 1.04. The van der Waals surface area contributed by atoms with E-state index >= 15 is 0 Å². The summed E-state index contributed by atoms with van der Waals surface area (Å²) in [7, 11) is 0. The van der Waals surface area contributed by atoms with E-state index in [1.165, 1.54) is 0 Å². The molecule has 2 aromatic rings. The number of hydrogen-bond acceptors (Lipinski definition) is 4. The Hall–Kier alpha value is -2.25. The molecular weight excluding hydrogens is 284 g/mol. The van der Waals surface area contributed by atoms with E-state index in [0.717, 1.165) is 31.0 Å². The van der Waals surface area contributed by atoms with Crippen molar-refractivity contribution in [3.05, 3.63) is 53.2 Å². The molecular formula is C16H15ClN4. The zero-order chi connectivity index (χ0) is 14.7. The SMILES string of the molecule is N#Cc1nc(N2CCC(Nc3ccccc3)C2)ccc1Cl. The van der Waals surface area contributed by atoms with Gasteiger partial charge in [-0.2, -0.15) is 5.26 Å².